The molecule has 1 fully saturated rings. The van der Waals surface area contributed by atoms with Crippen molar-refractivity contribution in [2.45, 2.75) is 32.3 Å². The van der Waals surface area contributed by atoms with Crippen LogP contribution in [0.5, 0.6) is 5.75 Å². The van der Waals surface area contributed by atoms with Gasteiger partial charge in [-0.1, -0.05) is 23.7 Å². The maximum atomic E-state index is 13.3. The molecule has 2 aliphatic rings. The average molecular weight is 494 g/mol. The highest BCUT2D eigenvalue weighted by atomic mass is 35.5. The molecule has 2 aromatic carbocycles. The van der Waals surface area contributed by atoms with Gasteiger partial charge in [0.25, 0.3) is 5.91 Å². The number of halogens is 2. The molecule has 35 heavy (non-hydrogen) atoms. The SMILES string of the molecule is Cc1cn(-c2cc3c(cc2Cl)NCC(C(=O)N2CCC(C#N)(Cc4ccc(F)cc4)CC2)O3)cn1. The van der Waals surface area contributed by atoms with E-state index >= 15 is 0 Å². The van der Waals surface area contributed by atoms with Crippen LogP contribution in [0.3, 0.4) is 0 Å². The molecule has 9 heteroatoms. The van der Waals surface area contributed by atoms with E-state index in [0.717, 1.165) is 22.6 Å². The van der Waals surface area contributed by atoms with Crippen LogP contribution >= 0.6 is 11.6 Å². The van der Waals surface area contributed by atoms with E-state index in [1.54, 1.807) is 29.4 Å². The smallest absolute Gasteiger partial charge is 0.265 e. The number of carbonyl (C=O) groups excluding carboxylic acids is 1. The normalized spacial score (nSPS) is 18.7. The number of nitrogens with one attached hydrogen (secondary N) is 1. The largest absolute Gasteiger partial charge is 0.476 e. The quantitative estimate of drug-likeness (QED) is 0.577. The number of piperidine rings is 1. The molecule has 1 aromatic heterocycles. The van der Waals surface area contributed by atoms with Crippen LogP contribution in [0.25, 0.3) is 5.69 Å². The van der Waals surface area contributed by atoms with Crippen molar-refractivity contribution in [3.05, 3.63) is 71.0 Å². The van der Waals surface area contributed by atoms with Crippen LogP contribution in [-0.2, 0) is 11.2 Å². The summed E-state index contributed by atoms with van der Waals surface area (Å²) in [7, 11) is 0. The molecule has 1 amide bonds. The van der Waals surface area contributed by atoms with Gasteiger partial charge in [0.2, 0.25) is 0 Å². The number of aromatic nitrogens is 2. The Hall–Kier alpha value is -3.57. The number of rotatable bonds is 4. The lowest BCUT2D eigenvalue weighted by Crippen LogP contribution is -2.51. The number of nitrogens with zero attached hydrogens (tertiary/aromatic N) is 4. The second kappa shape index (κ2) is 9.23. The van der Waals surface area contributed by atoms with Crippen molar-refractivity contribution >= 4 is 23.2 Å². The number of anilines is 1. The fourth-order valence-electron chi connectivity index (χ4n) is 4.74. The zero-order valence-corrected chi connectivity index (χ0v) is 20.1. The third-order valence-corrected chi connectivity index (χ3v) is 7.09. The zero-order valence-electron chi connectivity index (χ0n) is 19.3. The number of likely N-dealkylation sites (tertiary alicyclic amines) is 1. The van der Waals surface area contributed by atoms with Crippen LogP contribution in [0, 0.1) is 29.5 Å². The van der Waals surface area contributed by atoms with E-state index in [1.165, 1.54) is 12.1 Å². The van der Waals surface area contributed by atoms with Crippen molar-refractivity contribution in [1.29, 1.82) is 5.26 Å². The number of imidazole rings is 1. The van der Waals surface area contributed by atoms with E-state index in [4.69, 9.17) is 16.3 Å². The van der Waals surface area contributed by atoms with Crippen molar-refractivity contribution in [3.8, 4) is 17.5 Å². The van der Waals surface area contributed by atoms with Crippen LogP contribution in [-0.4, -0.2) is 46.1 Å². The maximum absolute atomic E-state index is 13.3. The number of nitriles is 1. The molecule has 0 radical (unpaired) electrons. The Morgan fingerprint density at radius 1 is 1.31 bits per heavy atom. The molecule has 0 aliphatic carbocycles. The Morgan fingerprint density at radius 2 is 2.06 bits per heavy atom. The maximum Gasteiger partial charge on any atom is 0.265 e. The first-order valence-corrected chi connectivity index (χ1v) is 11.9. The van der Waals surface area contributed by atoms with Crippen LogP contribution in [0.1, 0.15) is 24.1 Å². The van der Waals surface area contributed by atoms with Gasteiger partial charge in [-0.3, -0.25) is 4.79 Å². The van der Waals surface area contributed by atoms with Crippen LogP contribution < -0.4 is 10.1 Å². The molecule has 3 aromatic rings. The summed E-state index contributed by atoms with van der Waals surface area (Å²) < 4.78 is 21.2. The van der Waals surface area contributed by atoms with E-state index in [1.807, 2.05) is 23.8 Å². The van der Waals surface area contributed by atoms with Gasteiger partial charge in [-0.25, -0.2) is 9.37 Å². The Balaban J connectivity index is 1.26. The molecule has 1 saturated heterocycles. The molecule has 1 atom stereocenters. The number of ether oxygens (including phenoxy) is 1. The molecule has 180 valence electrons. The van der Waals surface area contributed by atoms with E-state index < -0.39 is 11.5 Å². The van der Waals surface area contributed by atoms with Gasteiger partial charge < -0.3 is 19.5 Å². The molecule has 7 nitrogen and oxygen atoms in total. The third kappa shape index (κ3) is 4.69. The summed E-state index contributed by atoms with van der Waals surface area (Å²) in [5.41, 5.74) is 2.68. The minimum atomic E-state index is -0.673. The van der Waals surface area contributed by atoms with Gasteiger partial charge in [0.05, 0.1) is 46.4 Å². The first-order chi connectivity index (χ1) is 16.9. The fourth-order valence-corrected chi connectivity index (χ4v) is 5.01. The Bertz CT molecular complexity index is 1290. The van der Waals surface area contributed by atoms with Crippen molar-refractivity contribution in [3.63, 3.8) is 0 Å². The number of fused-ring (bicyclic) bond motifs is 1. The topological polar surface area (TPSA) is 83.2 Å². The first-order valence-electron chi connectivity index (χ1n) is 11.6. The Morgan fingerprint density at radius 3 is 2.71 bits per heavy atom. The summed E-state index contributed by atoms with van der Waals surface area (Å²) in [5.74, 6) is 0.156. The highest BCUT2D eigenvalue weighted by molar-refractivity contribution is 6.32. The van der Waals surface area contributed by atoms with Crippen LogP contribution in [0.15, 0.2) is 48.9 Å². The summed E-state index contributed by atoms with van der Waals surface area (Å²) in [6.45, 7) is 3.18. The monoisotopic (exact) mass is 493 g/mol. The summed E-state index contributed by atoms with van der Waals surface area (Å²) in [5, 5.41) is 13.7. The Labute approximate surface area is 208 Å². The van der Waals surface area contributed by atoms with Gasteiger partial charge in [-0.2, -0.15) is 5.26 Å². The van der Waals surface area contributed by atoms with Crippen molar-refractivity contribution in [1.82, 2.24) is 14.5 Å². The van der Waals surface area contributed by atoms with Gasteiger partial charge in [0.15, 0.2) is 6.10 Å². The second-order valence-corrected chi connectivity index (χ2v) is 9.64. The molecule has 0 spiro atoms. The van der Waals surface area contributed by atoms with E-state index in [-0.39, 0.29) is 11.7 Å². The highest BCUT2D eigenvalue weighted by Gasteiger charge is 2.39. The van der Waals surface area contributed by atoms with Gasteiger partial charge in [0, 0.05) is 25.4 Å². The van der Waals surface area contributed by atoms with Gasteiger partial charge in [-0.05, 0) is 49.9 Å². The molecular weight excluding hydrogens is 469 g/mol. The van der Waals surface area contributed by atoms with Crippen molar-refractivity contribution < 1.29 is 13.9 Å². The standard InChI is InChI=1S/C26H25ClFN5O2/c1-17-14-33(16-31-17)22-11-23-21(10-20(22)27)30-13-24(35-23)25(34)32-8-6-26(15-29,7-9-32)12-18-2-4-19(28)5-3-18/h2-5,10-11,14,16,24,30H,6-9,12-13H2,1H3. The third-order valence-electron chi connectivity index (χ3n) is 6.79. The number of hydrogen-bond acceptors (Lipinski definition) is 5. The molecule has 5 rings (SSSR count). The first kappa shape index (κ1) is 23.2. The van der Waals surface area contributed by atoms with Gasteiger partial charge >= 0.3 is 0 Å². The van der Waals surface area contributed by atoms with E-state index in [0.29, 0.717) is 49.7 Å². The second-order valence-electron chi connectivity index (χ2n) is 9.23. The van der Waals surface area contributed by atoms with Crippen molar-refractivity contribution in [2.75, 3.05) is 25.0 Å². The summed E-state index contributed by atoms with van der Waals surface area (Å²) >= 11 is 6.47. The lowest BCUT2D eigenvalue weighted by Gasteiger charge is -2.39. The number of benzene rings is 2. The predicted octanol–water partition coefficient (Wildman–Crippen LogP) is 4.52. The van der Waals surface area contributed by atoms with Gasteiger partial charge in [-0.15, -0.1) is 0 Å². The molecule has 1 N–H and O–H groups in total. The molecule has 0 saturated carbocycles. The van der Waals surface area contributed by atoms with Gasteiger partial charge in [0.1, 0.15) is 11.6 Å². The van der Waals surface area contributed by atoms with Crippen LogP contribution in [0.2, 0.25) is 5.02 Å². The number of hydrogen-bond donors (Lipinski definition) is 1. The highest BCUT2D eigenvalue weighted by Crippen LogP contribution is 2.38. The molecule has 3 heterocycles. The fraction of sp³-hybridized carbons (Fsp3) is 0.346. The average Bonchev–Trinajstić information content (AvgIpc) is 3.30. The van der Waals surface area contributed by atoms with Crippen molar-refractivity contribution in [2.24, 2.45) is 5.41 Å². The molecule has 2 aliphatic heterocycles. The number of amides is 1. The van der Waals surface area contributed by atoms with E-state index in [2.05, 4.69) is 16.4 Å². The minimum Gasteiger partial charge on any atom is -0.476 e. The summed E-state index contributed by atoms with van der Waals surface area (Å²) in [6.07, 6.45) is 4.54. The summed E-state index contributed by atoms with van der Waals surface area (Å²) in [6, 6.07) is 12.3. The minimum absolute atomic E-state index is 0.105. The number of aryl methyl sites for hydroxylation is 1. The summed E-state index contributed by atoms with van der Waals surface area (Å²) in [4.78, 5) is 19.3. The lowest BCUT2D eigenvalue weighted by atomic mass is 9.75. The van der Waals surface area contributed by atoms with E-state index in [9.17, 15) is 14.4 Å². The lowest BCUT2D eigenvalue weighted by molar-refractivity contribution is -0.140. The number of carbonyl (C=O) groups is 1. The molecule has 0 bridgehead atoms. The van der Waals surface area contributed by atoms with Crippen LogP contribution in [0.4, 0.5) is 10.1 Å². The molecule has 1 unspecified atom stereocenters. The Kier molecular flexibility index (Phi) is 6.12. The zero-order chi connectivity index (χ0) is 24.6. The molecular formula is C26H25ClFN5O2. The predicted molar refractivity (Wildman–Crippen MR) is 130 cm³/mol.